The highest BCUT2D eigenvalue weighted by Gasteiger charge is 2.20. The minimum atomic E-state index is -0.473. The number of nitrogens with zero attached hydrogens (tertiary/aromatic N) is 1. The molecule has 7 heteroatoms. The van der Waals surface area contributed by atoms with E-state index in [-0.39, 0.29) is 24.8 Å². The zero-order valence-electron chi connectivity index (χ0n) is 13.9. The van der Waals surface area contributed by atoms with Crippen LogP contribution in [0.3, 0.4) is 0 Å². The van der Waals surface area contributed by atoms with Gasteiger partial charge in [0.05, 0.1) is 6.20 Å². The Labute approximate surface area is 146 Å². The molecule has 0 aliphatic rings. The van der Waals surface area contributed by atoms with Crippen molar-refractivity contribution in [2.75, 3.05) is 11.9 Å². The topological polar surface area (TPSA) is 86.9 Å². The number of H-pyrrole nitrogens is 1. The molecule has 0 radical (unpaired) electrons. The van der Waals surface area contributed by atoms with Crippen molar-refractivity contribution in [3.63, 3.8) is 0 Å². The first kappa shape index (κ1) is 18.0. The van der Waals surface area contributed by atoms with Crippen LogP contribution >= 0.6 is 11.6 Å². The van der Waals surface area contributed by atoms with Gasteiger partial charge in [-0.1, -0.05) is 44.5 Å². The maximum Gasteiger partial charge on any atom is 0.227 e. The van der Waals surface area contributed by atoms with Gasteiger partial charge < -0.3 is 10.6 Å². The molecule has 1 heterocycles. The summed E-state index contributed by atoms with van der Waals surface area (Å²) in [6.45, 7) is 5.75. The number of halogens is 1. The highest BCUT2D eigenvalue weighted by atomic mass is 35.5. The lowest BCUT2D eigenvalue weighted by atomic mass is 9.96. The van der Waals surface area contributed by atoms with Crippen molar-refractivity contribution >= 4 is 29.2 Å². The first-order chi connectivity index (χ1) is 11.3. The first-order valence-corrected chi connectivity index (χ1v) is 8.02. The lowest BCUT2D eigenvalue weighted by molar-refractivity contribution is -0.128. The van der Waals surface area contributed by atoms with Crippen molar-refractivity contribution in [3.05, 3.63) is 35.5 Å². The summed E-state index contributed by atoms with van der Waals surface area (Å²) in [5.41, 5.74) is 1.14. The van der Waals surface area contributed by atoms with Crippen molar-refractivity contribution in [2.45, 2.75) is 27.2 Å². The molecule has 24 heavy (non-hydrogen) atoms. The molecule has 2 rings (SSSR count). The van der Waals surface area contributed by atoms with Gasteiger partial charge in [-0.2, -0.15) is 5.10 Å². The van der Waals surface area contributed by atoms with Gasteiger partial charge in [0, 0.05) is 29.0 Å². The van der Waals surface area contributed by atoms with Gasteiger partial charge in [-0.25, -0.2) is 0 Å². The van der Waals surface area contributed by atoms with Gasteiger partial charge in [0.2, 0.25) is 11.8 Å². The smallest absolute Gasteiger partial charge is 0.227 e. The predicted octanol–water partition coefficient (Wildman–Crippen LogP) is 3.22. The minimum absolute atomic E-state index is 0.0866. The molecule has 0 bridgehead atoms. The van der Waals surface area contributed by atoms with Gasteiger partial charge in [0.15, 0.2) is 0 Å². The second-order valence-corrected chi connectivity index (χ2v) is 6.91. The second-order valence-electron chi connectivity index (χ2n) is 6.47. The first-order valence-electron chi connectivity index (χ1n) is 7.65. The standard InChI is InChI=1S/C17H21ClN4O2/c1-17(2,3)16(24)19-8-7-14(23)21-15-13(10-20-22-15)11-5-4-6-12(18)9-11/h4-6,9-10H,7-8H2,1-3H3,(H,19,24)(H2,20,21,22,23). The molecule has 0 aliphatic heterocycles. The van der Waals surface area contributed by atoms with Crippen molar-refractivity contribution in [2.24, 2.45) is 5.41 Å². The van der Waals surface area contributed by atoms with Gasteiger partial charge in [0.25, 0.3) is 0 Å². The zero-order chi connectivity index (χ0) is 17.7. The minimum Gasteiger partial charge on any atom is -0.355 e. The van der Waals surface area contributed by atoms with Crippen molar-refractivity contribution in [3.8, 4) is 11.1 Å². The Morgan fingerprint density at radius 1 is 1.29 bits per heavy atom. The van der Waals surface area contributed by atoms with Crippen LogP contribution in [0.1, 0.15) is 27.2 Å². The Bertz CT molecular complexity index is 734. The number of benzene rings is 1. The summed E-state index contributed by atoms with van der Waals surface area (Å²) in [5, 5.41) is 12.9. The average molecular weight is 349 g/mol. The molecule has 0 unspecified atom stereocenters. The van der Waals surface area contributed by atoms with Crippen molar-refractivity contribution in [1.82, 2.24) is 15.5 Å². The Hall–Kier alpha value is -2.34. The number of aromatic amines is 1. The molecule has 128 valence electrons. The molecule has 0 saturated carbocycles. The van der Waals surface area contributed by atoms with Crippen LogP contribution < -0.4 is 10.6 Å². The fraction of sp³-hybridized carbons (Fsp3) is 0.353. The van der Waals surface area contributed by atoms with Crippen LogP contribution in [0.25, 0.3) is 11.1 Å². The van der Waals surface area contributed by atoms with Gasteiger partial charge >= 0.3 is 0 Å². The molecular weight excluding hydrogens is 328 g/mol. The van der Waals surface area contributed by atoms with E-state index in [1.807, 2.05) is 32.9 Å². The van der Waals surface area contributed by atoms with E-state index in [1.165, 1.54) is 0 Å². The van der Waals surface area contributed by atoms with E-state index < -0.39 is 5.41 Å². The highest BCUT2D eigenvalue weighted by Crippen LogP contribution is 2.27. The number of carbonyl (C=O) groups is 2. The maximum atomic E-state index is 12.1. The molecule has 6 nitrogen and oxygen atoms in total. The predicted molar refractivity (Wildman–Crippen MR) is 94.7 cm³/mol. The third-order valence-electron chi connectivity index (χ3n) is 3.36. The summed E-state index contributed by atoms with van der Waals surface area (Å²) >= 11 is 6.00. The highest BCUT2D eigenvalue weighted by molar-refractivity contribution is 6.30. The fourth-order valence-corrected chi connectivity index (χ4v) is 2.20. The molecule has 3 N–H and O–H groups in total. The Morgan fingerprint density at radius 2 is 2.04 bits per heavy atom. The van der Waals surface area contributed by atoms with Crippen LogP contribution in [-0.4, -0.2) is 28.6 Å². The van der Waals surface area contributed by atoms with Crippen LogP contribution in [0.4, 0.5) is 5.82 Å². The number of carbonyl (C=O) groups excluding carboxylic acids is 2. The molecule has 2 amide bonds. The largest absolute Gasteiger partial charge is 0.355 e. The number of hydrogen-bond acceptors (Lipinski definition) is 3. The lowest BCUT2D eigenvalue weighted by Gasteiger charge is -2.17. The summed E-state index contributed by atoms with van der Waals surface area (Å²) in [6.07, 6.45) is 1.80. The Kier molecular flexibility index (Phi) is 5.62. The summed E-state index contributed by atoms with van der Waals surface area (Å²) in [4.78, 5) is 23.8. The summed E-state index contributed by atoms with van der Waals surface area (Å²) in [7, 11) is 0. The van der Waals surface area contributed by atoms with Crippen LogP contribution in [0.15, 0.2) is 30.5 Å². The van der Waals surface area contributed by atoms with Gasteiger partial charge in [0.1, 0.15) is 5.82 Å². The average Bonchev–Trinajstić information content (AvgIpc) is 2.94. The number of rotatable bonds is 5. The van der Waals surface area contributed by atoms with Gasteiger partial charge in [-0.15, -0.1) is 0 Å². The maximum absolute atomic E-state index is 12.1. The molecule has 1 aromatic heterocycles. The number of hydrogen-bond donors (Lipinski definition) is 3. The van der Waals surface area contributed by atoms with E-state index in [1.54, 1.807) is 18.3 Å². The molecule has 0 fully saturated rings. The van der Waals surface area contributed by atoms with E-state index in [9.17, 15) is 9.59 Å². The van der Waals surface area contributed by atoms with Gasteiger partial charge in [-0.05, 0) is 17.7 Å². The van der Waals surface area contributed by atoms with Crippen LogP contribution in [0.5, 0.6) is 0 Å². The van der Waals surface area contributed by atoms with E-state index in [4.69, 9.17) is 11.6 Å². The molecule has 0 atom stereocenters. The molecule has 0 saturated heterocycles. The summed E-state index contributed by atoms with van der Waals surface area (Å²) in [5.74, 6) is 0.206. The van der Waals surface area contributed by atoms with E-state index in [0.29, 0.717) is 10.8 Å². The van der Waals surface area contributed by atoms with Crippen molar-refractivity contribution in [1.29, 1.82) is 0 Å². The number of nitrogens with one attached hydrogen (secondary N) is 3. The fourth-order valence-electron chi connectivity index (χ4n) is 2.01. The monoisotopic (exact) mass is 348 g/mol. The molecular formula is C17H21ClN4O2. The number of anilines is 1. The Morgan fingerprint density at radius 3 is 2.71 bits per heavy atom. The van der Waals surface area contributed by atoms with Crippen LogP contribution in [-0.2, 0) is 9.59 Å². The van der Waals surface area contributed by atoms with E-state index in [2.05, 4.69) is 20.8 Å². The Balaban J connectivity index is 1.94. The van der Waals surface area contributed by atoms with Crippen LogP contribution in [0, 0.1) is 5.41 Å². The lowest BCUT2D eigenvalue weighted by Crippen LogP contribution is -2.36. The molecule has 1 aromatic carbocycles. The summed E-state index contributed by atoms with van der Waals surface area (Å²) in [6, 6.07) is 7.29. The van der Waals surface area contributed by atoms with Crippen molar-refractivity contribution < 1.29 is 9.59 Å². The molecule has 0 aliphatic carbocycles. The number of amides is 2. The number of aromatic nitrogens is 2. The van der Waals surface area contributed by atoms with Crippen LogP contribution in [0.2, 0.25) is 5.02 Å². The molecule has 0 spiro atoms. The van der Waals surface area contributed by atoms with E-state index >= 15 is 0 Å². The molecule has 2 aromatic rings. The third-order valence-corrected chi connectivity index (χ3v) is 3.59. The third kappa shape index (κ3) is 4.83. The van der Waals surface area contributed by atoms with E-state index in [0.717, 1.165) is 11.1 Å². The SMILES string of the molecule is CC(C)(C)C(=O)NCCC(=O)Nc1[nH]ncc1-c1cccc(Cl)c1. The zero-order valence-corrected chi connectivity index (χ0v) is 14.7. The van der Waals surface area contributed by atoms with Gasteiger partial charge in [-0.3, -0.25) is 14.7 Å². The normalized spacial score (nSPS) is 11.2. The quantitative estimate of drug-likeness (QED) is 0.775. The second kappa shape index (κ2) is 7.49. The summed E-state index contributed by atoms with van der Waals surface area (Å²) < 4.78 is 0.